The highest BCUT2D eigenvalue weighted by atomic mass is 16.5. The van der Waals surface area contributed by atoms with Crippen LogP contribution in [-0.4, -0.2) is 27.5 Å². The molecule has 0 amide bonds. The Morgan fingerprint density at radius 3 is 2.60 bits per heavy atom. The lowest BCUT2D eigenvalue weighted by Gasteiger charge is -2.30. The third kappa shape index (κ3) is 3.11. The van der Waals surface area contributed by atoms with Crippen LogP contribution < -0.4 is 0 Å². The fraction of sp³-hybridized carbons (Fsp3) is 0.750. The summed E-state index contributed by atoms with van der Waals surface area (Å²) in [6.45, 7) is 5.50. The molecule has 0 spiro atoms. The van der Waals surface area contributed by atoms with Gasteiger partial charge in [0.2, 0.25) is 5.78 Å². The molecule has 4 nitrogen and oxygen atoms in total. The SMILES string of the molecule is CCCn1ccnc1C(=O)C1(OCC)CCCCCC1. The zero-order valence-electron chi connectivity index (χ0n) is 12.7. The summed E-state index contributed by atoms with van der Waals surface area (Å²) < 4.78 is 7.93. The van der Waals surface area contributed by atoms with Gasteiger partial charge in [0.1, 0.15) is 5.60 Å². The molecule has 20 heavy (non-hydrogen) atoms. The van der Waals surface area contributed by atoms with Crippen molar-refractivity contribution >= 4 is 5.78 Å². The minimum atomic E-state index is -0.637. The largest absolute Gasteiger partial charge is 0.367 e. The molecule has 4 heteroatoms. The quantitative estimate of drug-likeness (QED) is 0.590. The van der Waals surface area contributed by atoms with Gasteiger partial charge in [0.25, 0.3) is 0 Å². The van der Waals surface area contributed by atoms with Gasteiger partial charge in [-0.05, 0) is 26.2 Å². The number of nitrogens with zero attached hydrogens (tertiary/aromatic N) is 2. The van der Waals surface area contributed by atoms with Crippen molar-refractivity contribution in [1.82, 2.24) is 9.55 Å². The molecule has 1 fully saturated rings. The van der Waals surface area contributed by atoms with Crippen LogP contribution in [-0.2, 0) is 11.3 Å². The Labute approximate surface area is 121 Å². The molecule has 0 unspecified atom stereocenters. The first-order valence-electron chi connectivity index (χ1n) is 7.93. The molecule has 1 heterocycles. The number of hydrogen-bond donors (Lipinski definition) is 0. The summed E-state index contributed by atoms with van der Waals surface area (Å²) in [4.78, 5) is 17.3. The molecule has 1 aromatic rings. The first kappa shape index (κ1) is 15.2. The Balaban J connectivity index is 2.27. The molecule has 0 aromatic carbocycles. The van der Waals surface area contributed by atoms with Crippen molar-refractivity contribution in [2.24, 2.45) is 0 Å². The third-order valence-electron chi connectivity index (χ3n) is 4.13. The average Bonchev–Trinajstić information content (AvgIpc) is 2.77. The highest BCUT2D eigenvalue weighted by Gasteiger charge is 2.41. The van der Waals surface area contributed by atoms with Crippen LogP contribution in [0.3, 0.4) is 0 Å². The number of hydrogen-bond acceptors (Lipinski definition) is 3. The Kier molecular flexibility index (Phi) is 5.35. The molecule has 2 rings (SSSR count). The fourth-order valence-electron chi connectivity index (χ4n) is 3.16. The first-order valence-corrected chi connectivity index (χ1v) is 7.93. The number of carbonyl (C=O) groups excluding carboxylic acids is 1. The van der Waals surface area contributed by atoms with Crippen LogP contribution in [0, 0.1) is 0 Å². The van der Waals surface area contributed by atoms with Gasteiger partial charge in [-0.1, -0.05) is 32.6 Å². The predicted octanol–water partition coefficient (Wildman–Crippen LogP) is 3.61. The van der Waals surface area contributed by atoms with Crippen molar-refractivity contribution in [3.8, 4) is 0 Å². The van der Waals surface area contributed by atoms with E-state index in [1.807, 2.05) is 17.7 Å². The van der Waals surface area contributed by atoms with Crippen LogP contribution in [0.15, 0.2) is 12.4 Å². The molecule has 1 aromatic heterocycles. The Hall–Kier alpha value is -1.16. The van der Waals surface area contributed by atoms with Crippen LogP contribution in [0.2, 0.25) is 0 Å². The maximum Gasteiger partial charge on any atom is 0.229 e. The van der Waals surface area contributed by atoms with Crippen LogP contribution in [0.4, 0.5) is 0 Å². The number of Topliss-reactive ketones (excluding diaryl/α,β-unsaturated/α-hetero) is 1. The van der Waals surface area contributed by atoms with E-state index in [1.165, 1.54) is 12.8 Å². The minimum Gasteiger partial charge on any atom is -0.367 e. The topological polar surface area (TPSA) is 44.1 Å². The summed E-state index contributed by atoms with van der Waals surface area (Å²) in [5, 5.41) is 0. The minimum absolute atomic E-state index is 0.0831. The molecule has 1 aliphatic carbocycles. The maximum atomic E-state index is 13.0. The van der Waals surface area contributed by atoms with Crippen molar-refractivity contribution < 1.29 is 9.53 Å². The van der Waals surface area contributed by atoms with E-state index >= 15 is 0 Å². The van der Waals surface area contributed by atoms with Gasteiger partial charge in [0.15, 0.2) is 5.82 Å². The van der Waals surface area contributed by atoms with E-state index in [4.69, 9.17) is 4.74 Å². The summed E-state index contributed by atoms with van der Waals surface area (Å²) in [5.74, 6) is 0.655. The molecule has 0 bridgehead atoms. The number of ketones is 1. The molecule has 0 radical (unpaired) electrons. The summed E-state index contributed by atoms with van der Waals surface area (Å²) in [7, 11) is 0. The normalized spacial score (nSPS) is 18.7. The second-order valence-electron chi connectivity index (χ2n) is 5.61. The van der Waals surface area contributed by atoms with Crippen molar-refractivity contribution in [3.05, 3.63) is 18.2 Å². The second kappa shape index (κ2) is 7.02. The summed E-state index contributed by atoms with van der Waals surface area (Å²) in [6, 6.07) is 0. The Morgan fingerprint density at radius 2 is 2.00 bits per heavy atom. The molecule has 1 saturated carbocycles. The third-order valence-corrected chi connectivity index (χ3v) is 4.13. The number of carbonyl (C=O) groups is 1. The van der Waals surface area contributed by atoms with E-state index in [2.05, 4.69) is 11.9 Å². The van der Waals surface area contributed by atoms with Crippen LogP contribution in [0.5, 0.6) is 0 Å². The Bertz CT molecular complexity index is 431. The number of imidazole rings is 1. The monoisotopic (exact) mass is 278 g/mol. The molecule has 112 valence electrons. The predicted molar refractivity (Wildman–Crippen MR) is 78.9 cm³/mol. The van der Waals surface area contributed by atoms with Gasteiger partial charge >= 0.3 is 0 Å². The van der Waals surface area contributed by atoms with Gasteiger partial charge in [0.05, 0.1) is 0 Å². The number of aromatic nitrogens is 2. The lowest BCUT2D eigenvalue weighted by atomic mass is 9.88. The molecular weight excluding hydrogens is 252 g/mol. The zero-order chi connectivity index (χ0) is 14.4. The van der Waals surface area contributed by atoms with Crippen molar-refractivity contribution in [2.75, 3.05) is 6.61 Å². The highest BCUT2D eigenvalue weighted by Crippen LogP contribution is 2.33. The van der Waals surface area contributed by atoms with Crippen LogP contribution in [0.25, 0.3) is 0 Å². The van der Waals surface area contributed by atoms with Gasteiger partial charge in [-0.25, -0.2) is 4.98 Å². The summed E-state index contributed by atoms with van der Waals surface area (Å²) >= 11 is 0. The lowest BCUT2D eigenvalue weighted by Crippen LogP contribution is -2.42. The molecule has 0 atom stereocenters. The van der Waals surface area contributed by atoms with Gasteiger partial charge in [-0.15, -0.1) is 0 Å². The first-order chi connectivity index (χ1) is 9.73. The average molecular weight is 278 g/mol. The van der Waals surface area contributed by atoms with E-state index < -0.39 is 5.60 Å². The van der Waals surface area contributed by atoms with Crippen LogP contribution >= 0.6 is 0 Å². The number of ether oxygens (including phenoxy) is 1. The highest BCUT2D eigenvalue weighted by molar-refractivity contribution is 5.99. The van der Waals surface area contributed by atoms with Crippen molar-refractivity contribution in [1.29, 1.82) is 0 Å². The van der Waals surface area contributed by atoms with Crippen molar-refractivity contribution in [3.63, 3.8) is 0 Å². The number of aryl methyl sites for hydroxylation is 1. The molecule has 0 aliphatic heterocycles. The Morgan fingerprint density at radius 1 is 1.30 bits per heavy atom. The molecule has 0 saturated heterocycles. The lowest BCUT2D eigenvalue weighted by molar-refractivity contribution is -0.0301. The van der Waals surface area contributed by atoms with E-state index in [1.54, 1.807) is 6.20 Å². The smallest absolute Gasteiger partial charge is 0.229 e. The summed E-state index contributed by atoms with van der Waals surface area (Å²) in [5.41, 5.74) is -0.637. The van der Waals surface area contributed by atoms with Gasteiger partial charge in [0, 0.05) is 25.5 Å². The van der Waals surface area contributed by atoms with Crippen LogP contribution in [0.1, 0.15) is 69.4 Å². The van der Waals surface area contributed by atoms with E-state index in [0.29, 0.717) is 12.4 Å². The summed E-state index contributed by atoms with van der Waals surface area (Å²) in [6.07, 6.45) is 10.8. The molecular formula is C16H26N2O2. The number of rotatable bonds is 6. The van der Waals surface area contributed by atoms with Gasteiger partial charge in [-0.2, -0.15) is 0 Å². The molecule has 1 aliphatic rings. The van der Waals surface area contributed by atoms with E-state index in [9.17, 15) is 4.79 Å². The second-order valence-corrected chi connectivity index (χ2v) is 5.61. The standard InChI is InChI=1S/C16H26N2O2/c1-3-12-18-13-11-17-15(18)14(19)16(20-4-2)9-7-5-6-8-10-16/h11,13H,3-10,12H2,1-2H3. The fourth-order valence-corrected chi connectivity index (χ4v) is 3.16. The zero-order valence-corrected chi connectivity index (χ0v) is 12.7. The van der Waals surface area contributed by atoms with E-state index in [-0.39, 0.29) is 5.78 Å². The molecule has 0 N–H and O–H groups in total. The van der Waals surface area contributed by atoms with Gasteiger partial charge < -0.3 is 9.30 Å². The maximum absolute atomic E-state index is 13.0. The van der Waals surface area contributed by atoms with E-state index in [0.717, 1.165) is 38.6 Å². The van der Waals surface area contributed by atoms with Crippen molar-refractivity contribution in [2.45, 2.75) is 70.9 Å². The van der Waals surface area contributed by atoms with Gasteiger partial charge in [-0.3, -0.25) is 4.79 Å².